The van der Waals surface area contributed by atoms with Crippen molar-refractivity contribution < 1.29 is 4.79 Å². The van der Waals surface area contributed by atoms with Gasteiger partial charge in [-0.3, -0.25) is 10.1 Å². The molecule has 1 amide bonds. The normalized spacial score (nSPS) is 50.8. The molecule has 4 rings (SSSR count). The molecule has 3 nitrogen and oxygen atoms in total. The number of hydrogen-bond donors (Lipinski definition) is 1. The van der Waals surface area contributed by atoms with Crippen LogP contribution in [0.1, 0.15) is 39.5 Å². The van der Waals surface area contributed by atoms with E-state index in [1.807, 2.05) is 0 Å². The van der Waals surface area contributed by atoms with Crippen LogP contribution < -0.4 is 5.32 Å². The summed E-state index contributed by atoms with van der Waals surface area (Å²) in [7, 11) is 0. The van der Waals surface area contributed by atoms with Gasteiger partial charge in [-0.1, -0.05) is 20.3 Å². The Morgan fingerprint density at radius 2 is 2.00 bits per heavy atom. The first-order chi connectivity index (χ1) is 8.72. The maximum Gasteiger partial charge on any atom is 0.241 e. The van der Waals surface area contributed by atoms with Crippen molar-refractivity contribution in [3.05, 3.63) is 0 Å². The molecule has 1 saturated heterocycles. The maximum atomic E-state index is 12.5. The van der Waals surface area contributed by atoms with Gasteiger partial charge < -0.3 is 4.90 Å². The summed E-state index contributed by atoms with van der Waals surface area (Å²) in [4.78, 5) is 14.7. The van der Waals surface area contributed by atoms with Crippen molar-refractivity contribution in [2.45, 2.75) is 51.6 Å². The molecule has 0 aromatic rings. The highest BCUT2D eigenvalue weighted by molar-refractivity contribution is 5.84. The summed E-state index contributed by atoms with van der Waals surface area (Å²) in [5, 5.41) is 3.44. The second-order valence-electron chi connectivity index (χ2n) is 7.01. The Morgan fingerprint density at radius 3 is 2.61 bits per heavy atom. The Morgan fingerprint density at radius 1 is 1.33 bits per heavy atom. The quantitative estimate of drug-likeness (QED) is 0.826. The van der Waals surface area contributed by atoms with Crippen LogP contribution in [0.5, 0.6) is 0 Å². The van der Waals surface area contributed by atoms with Crippen LogP contribution in [0.25, 0.3) is 0 Å². The minimum atomic E-state index is 0.0916. The molecule has 0 radical (unpaired) electrons. The molecule has 3 heteroatoms. The zero-order chi connectivity index (χ0) is 12.4. The van der Waals surface area contributed by atoms with Crippen LogP contribution >= 0.6 is 0 Å². The standard InChI is InChI=1S/C15H24N2O/c1-3-8(2)13-15(18)17(7-16-13)14-11-9-4-5-10(6-9)12(11)14/h8-14,16H,3-7H2,1-2H3. The molecule has 1 N–H and O–H groups in total. The number of carbonyl (C=O) groups excluding carboxylic acids is 1. The minimum absolute atomic E-state index is 0.0916. The Bertz CT molecular complexity index is 367. The van der Waals surface area contributed by atoms with Crippen LogP contribution in [-0.2, 0) is 4.79 Å². The maximum absolute atomic E-state index is 12.5. The van der Waals surface area contributed by atoms with E-state index in [9.17, 15) is 4.79 Å². The zero-order valence-corrected chi connectivity index (χ0v) is 11.4. The first kappa shape index (κ1) is 11.3. The lowest BCUT2D eigenvalue weighted by Gasteiger charge is -2.21. The number of carbonyl (C=O) groups is 1. The van der Waals surface area contributed by atoms with Crippen molar-refractivity contribution in [2.24, 2.45) is 29.6 Å². The summed E-state index contributed by atoms with van der Waals surface area (Å²) in [6.07, 6.45) is 5.43. The van der Waals surface area contributed by atoms with E-state index in [0.717, 1.165) is 36.8 Å². The molecule has 0 aromatic carbocycles. The molecule has 3 saturated carbocycles. The van der Waals surface area contributed by atoms with Crippen molar-refractivity contribution in [1.82, 2.24) is 10.2 Å². The number of fused-ring (bicyclic) bond motifs is 5. The SMILES string of the molecule is CCC(C)C1NCN(C2C3C4CCC(C4)C32)C1=O. The summed E-state index contributed by atoms with van der Waals surface area (Å²) in [6.45, 7) is 5.18. The van der Waals surface area contributed by atoms with E-state index in [1.165, 1.54) is 19.3 Å². The highest BCUT2D eigenvalue weighted by atomic mass is 16.2. The van der Waals surface area contributed by atoms with Crippen LogP contribution in [0, 0.1) is 29.6 Å². The molecule has 1 heterocycles. The van der Waals surface area contributed by atoms with Crippen molar-refractivity contribution in [2.75, 3.05) is 6.67 Å². The average Bonchev–Trinajstić information content (AvgIpc) is 2.74. The lowest BCUT2D eigenvalue weighted by atomic mass is 9.99. The van der Waals surface area contributed by atoms with Gasteiger partial charge in [0.15, 0.2) is 0 Å². The first-order valence-corrected chi connectivity index (χ1v) is 7.76. The van der Waals surface area contributed by atoms with Gasteiger partial charge in [0.25, 0.3) is 0 Å². The summed E-state index contributed by atoms with van der Waals surface area (Å²) in [5.74, 6) is 4.54. The van der Waals surface area contributed by atoms with E-state index in [4.69, 9.17) is 0 Å². The van der Waals surface area contributed by atoms with Crippen LogP contribution in [0.4, 0.5) is 0 Å². The number of amides is 1. The van der Waals surface area contributed by atoms with Gasteiger partial charge in [-0.25, -0.2) is 0 Å². The highest BCUT2D eigenvalue weighted by Crippen LogP contribution is 2.67. The number of nitrogens with zero attached hydrogens (tertiary/aromatic N) is 1. The van der Waals surface area contributed by atoms with E-state index in [0.29, 0.717) is 17.9 Å². The van der Waals surface area contributed by atoms with Crippen molar-refractivity contribution in [3.8, 4) is 0 Å². The number of nitrogens with one attached hydrogen (secondary N) is 1. The van der Waals surface area contributed by atoms with Gasteiger partial charge in [0.1, 0.15) is 0 Å². The van der Waals surface area contributed by atoms with Gasteiger partial charge in [0, 0.05) is 6.04 Å². The number of rotatable bonds is 3. The Hall–Kier alpha value is -0.570. The second kappa shape index (κ2) is 3.72. The summed E-state index contributed by atoms with van der Waals surface area (Å²) < 4.78 is 0. The Labute approximate surface area is 109 Å². The lowest BCUT2D eigenvalue weighted by Crippen LogP contribution is -2.37. The fourth-order valence-corrected chi connectivity index (χ4v) is 5.17. The van der Waals surface area contributed by atoms with Crippen molar-refractivity contribution in [3.63, 3.8) is 0 Å². The molecule has 4 fully saturated rings. The molecular weight excluding hydrogens is 224 g/mol. The molecule has 0 aromatic heterocycles. The van der Waals surface area contributed by atoms with E-state index in [2.05, 4.69) is 24.1 Å². The fourth-order valence-electron chi connectivity index (χ4n) is 5.17. The summed E-state index contributed by atoms with van der Waals surface area (Å²) >= 11 is 0. The molecule has 0 spiro atoms. The predicted molar refractivity (Wildman–Crippen MR) is 69.7 cm³/mol. The number of hydrogen-bond acceptors (Lipinski definition) is 2. The minimum Gasteiger partial charge on any atom is -0.325 e. The van der Waals surface area contributed by atoms with Gasteiger partial charge in [-0.15, -0.1) is 0 Å². The Balaban J connectivity index is 1.47. The molecule has 3 aliphatic carbocycles. The lowest BCUT2D eigenvalue weighted by molar-refractivity contribution is -0.130. The molecular formula is C15H24N2O. The van der Waals surface area contributed by atoms with Crippen molar-refractivity contribution >= 4 is 5.91 Å². The van der Waals surface area contributed by atoms with Crippen LogP contribution in [0.15, 0.2) is 0 Å². The van der Waals surface area contributed by atoms with Crippen LogP contribution in [0.2, 0.25) is 0 Å². The smallest absolute Gasteiger partial charge is 0.241 e. The van der Waals surface area contributed by atoms with E-state index in [-0.39, 0.29) is 6.04 Å². The molecule has 2 bridgehead atoms. The van der Waals surface area contributed by atoms with Crippen molar-refractivity contribution in [1.29, 1.82) is 0 Å². The largest absolute Gasteiger partial charge is 0.325 e. The van der Waals surface area contributed by atoms with Gasteiger partial charge >= 0.3 is 0 Å². The third-order valence-corrected chi connectivity index (χ3v) is 6.30. The third kappa shape index (κ3) is 1.31. The first-order valence-electron chi connectivity index (χ1n) is 7.76. The molecule has 18 heavy (non-hydrogen) atoms. The van der Waals surface area contributed by atoms with Gasteiger partial charge in [0.2, 0.25) is 5.91 Å². The molecule has 100 valence electrons. The zero-order valence-electron chi connectivity index (χ0n) is 11.4. The fraction of sp³-hybridized carbons (Fsp3) is 0.933. The molecule has 4 aliphatic rings. The van der Waals surface area contributed by atoms with E-state index in [1.54, 1.807) is 0 Å². The molecule has 6 atom stereocenters. The van der Waals surface area contributed by atoms with Gasteiger partial charge in [-0.2, -0.15) is 0 Å². The summed E-state index contributed by atoms with van der Waals surface area (Å²) in [5.41, 5.74) is 0. The highest BCUT2D eigenvalue weighted by Gasteiger charge is 2.68. The van der Waals surface area contributed by atoms with Crippen LogP contribution in [0.3, 0.4) is 0 Å². The van der Waals surface area contributed by atoms with E-state index < -0.39 is 0 Å². The monoisotopic (exact) mass is 248 g/mol. The van der Waals surface area contributed by atoms with Gasteiger partial charge in [0.05, 0.1) is 12.7 Å². The third-order valence-electron chi connectivity index (χ3n) is 6.30. The topological polar surface area (TPSA) is 32.3 Å². The van der Waals surface area contributed by atoms with Crippen LogP contribution in [-0.4, -0.2) is 29.6 Å². The predicted octanol–water partition coefficient (Wildman–Crippen LogP) is 1.83. The Kier molecular flexibility index (Phi) is 2.33. The molecule has 1 aliphatic heterocycles. The summed E-state index contributed by atoms with van der Waals surface area (Å²) in [6, 6.07) is 0.708. The van der Waals surface area contributed by atoms with E-state index >= 15 is 0 Å². The average molecular weight is 248 g/mol. The second-order valence-corrected chi connectivity index (χ2v) is 7.01. The molecule has 6 unspecified atom stereocenters. The van der Waals surface area contributed by atoms with Gasteiger partial charge in [-0.05, 0) is 48.9 Å².